The minimum absolute atomic E-state index is 0.305. The van der Waals surface area contributed by atoms with Gasteiger partial charge in [0.25, 0.3) is 0 Å². The van der Waals surface area contributed by atoms with Crippen LogP contribution in [0.3, 0.4) is 0 Å². The van der Waals surface area contributed by atoms with Gasteiger partial charge >= 0.3 is 6.18 Å². The lowest BCUT2D eigenvalue weighted by Gasteiger charge is -2.21. The Kier molecular flexibility index (Phi) is 3.71. The summed E-state index contributed by atoms with van der Waals surface area (Å²) in [5.74, 6) is 2.02. The minimum Gasteiger partial charge on any atom is -0.370 e. The zero-order valence-corrected chi connectivity index (χ0v) is 12.1. The Labute approximate surface area is 122 Å². The van der Waals surface area contributed by atoms with E-state index in [-0.39, 0.29) is 0 Å². The summed E-state index contributed by atoms with van der Waals surface area (Å²) >= 11 is 0. The molecule has 0 bridgehead atoms. The quantitative estimate of drug-likeness (QED) is 0.921. The van der Waals surface area contributed by atoms with E-state index < -0.39 is 11.7 Å². The average molecular weight is 299 g/mol. The first-order chi connectivity index (χ1) is 9.97. The van der Waals surface area contributed by atoms with Crippen LogP contribution in [0.4, 0.5) is 24.8 Å². The maximum atomic E-state index is 13.0. The molecule has 1 aliphatic carbocycles. The van der Waals surface area contributed by atoms with E-state index in [2.05, 4.69) is 10.3 Å². The van der Waals surface area contributed by atoms with E-state index in [0.29, 0.717) is 30.0 Å². The molecule has 0 aromatic carbocycles. The molecule has 3 nitrogen and oxygen atoms in total. The van der Waals surface area contributed by atoms with E-state index in [1.165, 1.54) is 25.3 Å². The number of aromatic nitrogens is 1. The molecule has 1 N–H and O–H groups in total. The molecule has 0 amide bonds. The van der Waals surface area contributed by atoms with Crippen molar-refractivity contribution in [2.24, 2.45) is 11.8 Å². The largest absolute Gasteiger partial charge is 0.416 e. The SMILES string of the molecule is CCNc1cc(C(F)(F)F)cc(N2CC3CCCC3C2)n1. The number of nitrogens with one attached hydrogen (secondary N) is 1. The van der Waals surface area contributed by atoms with Crippen LogP contribution in [0.15, 0.2) is 12.1 Å². The summed E-state index contributed by atoms with van der Waals surface area (Å²) in [7, 11) is 0. The first-order valence-corrected chi connectivity index (χ1v) is 7.55. The van der Waals surface area contributed by atoms with Gasteiger partial charge in [0.15, 0.2) is 0 Å². The smallest absolute Gasteiger partial charge is 0.370 e. The third-order valence-corrected chi connectivity index (χ3v) is 4.55. The third-order valence-electron chi connectivity index (χ3n) is 4.55. The van der Waals surface area contributed by atoms with Crippen molar-refractivity contribution in [2.45, 2.75) is 32.4 Å². The summed E-state index contributed by atoms with van der Waals surface area (Å²) in [5.41, 5.74) is -0.625. The zero-order valence-electron chi connectivity index (χ0n) is 12.1. The second kappa shape index (κ2) is 5.39. The highest BCUT2D eigenvalue weighted by Gasteiger charge is 2.38. The Morgan fingerprint density at radius 3 is 2.48 bits per heavy atom. The van der Waals surface area contributed by atoms with E-state index in [4.69, 9.17) is 0 Å². The predicted molar refractivity (Wildman–Crippen MR) is 76.4 cm³/mol. The van der Waals surface area contributed by atoms with Crippen molar-refractivity contribution in [3.05, 3.63) is 17.7 Å². The molecular weight excluding hydrogens is 279 g/mol. The third kappa shape index (κ3) is 2.94. The molecule has 6 heteroatoms. The minimum atomic E-state index is -4.34. The molecule has 2 unspecified atom stereocenters. The maximum absolute atomic E-state index is 13.0. The van der Waals surface area contributed by atoms with Crippen LogP contribution in [-0.2, 0) is 6.18 Å². The van der Waals surface area contributed by atoms with Crippen molar-refractivity contribution in [1.29, 1.82) is 0 Å². The number of fused-ring (bicyclic) bond motifs is 1. The molecule has 1 saturated carbocycles. The van der Waals surface area contributed by atoms with Crippen LogP contribution in [0.2, 0.25) is 0 Å². The molecule has 1 aromatic heterocycles. The number of hydrogen-bond donors (Lipinski definition) is 1. The van der Waals surface area contributed by atoms with Gasteiger partial charge in [-0.05, 0) is 43.7 Å². The first-order valence-electron chi connectivity index (χ1n) is 7.55. The number of anilines is 2. The summed E-state index contributed by atoms with van der Waals surface area (Å²) < 4.78 is 39.1. The molecule has 1 aromatic rings. The first kappa shape index (κ1) is 14.5. The molecule has 1 aliphatic heterocycles. The number of nitrogens with zero attached hydrogens (tertiary/aromatic N) is 2. The predicted octanol–water partition coefficient (Wildman–Crippen LogP) is 3.77. The summed E-state index contributed by atoms with van der Waals surface area (Å²) in [6.07, 6.45) is -0.695. The standard InChI is InChI=1S/C15H20F3N3/c1-2-19-13-6-12(15(16,17)18)7-14(20-13)21-8-10-4-3-5-11(10)9-21/h6-7,10-11H,2-5,8-9H2,1H3,(H,19,20). The molecule has 3 rings (SSSR count). The van der Waals surface area contributed by atoms with Crippen molar-refractivity contribution in [3.8, 4) is 0 Å². The molecule has 0 radical (unpaired) electrons. The second-order valence-corrected chi connectivity index (χ2v) is 5.98. The summed E-state index contributed by atoms with van der Waals surface area (Å²) in [6.45, 7) is 4.08. The van der Waals surface area contributed by atoms with E-state index in [9.17, 15) is 13.2 Å². The maximum Gasteiger partial charge on any atom is 0.416 e. The summed E-state index contributed by atoms with van der Waals surface area (Å²) in [5, 5.41) is 2.90. The molecule has 2 atom stereocenters. The number of rotatable bonds is 3. The van der Waals surface area contributed by atoms with Gasteiger partial charge in [-0.3, -0.25) is 0 Å². The molecule has 116 valence electrons. The van der Waals surface area contributed by atoms with Crippen molar-refractivity contribution in [2.75, 3.05) is 29.9 Å². The molecule has 21 heavy (non-hydrogen) atoms. The lowest BCUT2D eigenvalue weighted by Crippen LogP contribution is -2.23. The van der Waals surface area contributed by atoms with Gasteiger partial charge in [-0.15, -0.1) is 0 Å². The summed E-state index contributed by atoms with van der Waals surface area (Å²) in [6, 6.07) is 2.27. The lowest BCUT2D eigenvalue weighted by molar-refractivity contribution is -0.137. The molecule has 1 saturated heterocycles. The molecule has 0 spiro atoms. The van der Waals surface area contributed by atoms with Gasteiger partial charge < -0.3 is 10.2 Å². The summed E-state index contributed by atoms with van der Waals surface area (Å²) in [4.78, 5) is 6.38. The Balaban J connectivity index is 1.88. The van der Waals surface area contributed by atoms with E-state index in [1.54, 1.807) is 0 Å². The molecule has 2 aliphatic rings. The molecule has 2 fully saturated rings. The van der Waals surface area contributed by atoms with Gasteiger partial charge in [0.2, 0.25) is 0 Å². The Bertz CT molecular complexity index is 503. The van der Waals surface area contributed by atoms with Crippen molar-refractivity contribution in [3.63, 3.8) is 0 Å². The zero-order chi connectivity index (χ0) is 15.0. The van der Waals surface area contributed by atoms with Gasteiger partial charge in [0.05, 0.1) is 5.56 Å². The fourth-order valence-electron chi connectivity index (χ4n) is 3.54. The van der Waals surface area contributed by atoms with Crippen LogP contribution in [0.1, 0.15) is 31.7 Å². The highest BCUT2D eigenvalue weighted by molar-refractivity contribution is 5.52. The van der Waals surface area contributed by atoms with Gasteiger partial charge in [-0.1, -0.05) is 6.42 Å². The van der Waals surface area contributed by atoms with Crippen LogP contribution in [-0.4, -0.2) is 24.6 Å². The number of pyridine rings is 1. The highest BCUT2D eigenvalue weighted by atomic mass is 19.4. The van der Waals surface area contributed by atoms with Gasteiger partial charge in [0.1, 0.15) is 11.6 Å². The van der Waals surface area contributed by atoms with E-state index in [1.807, 2.05) is 11.8 Å². The van der Waals surface area contributed by atoms with Gasteiger partial charge in [-0.2, -0.15) is 13.2 Å². The van der Waals surface area contributed by atoms with Crippen LogP contribution in [0.5, 0.6) is 0 Å². The van der Waals surface area contributed by atoms with Crippen LogP contribution in [0.25, 0.3) is 0 Å². The monoisotopic (exact) mass is 299 g/mol. The van der Waals surface area contributed by atoms with Gasteiger partial charge in [-0.25, -0.2) is 4.98 Å². The van der Waals surface area contributed by atoms with Crippen molar-refractivity contribution in [1.82, 2.24) is 4.98 Å². The van der Waals surface area contributed by atoms with E-state index >= 15 is 0 Å². The normalized spacial score (nSPS) is 25.2. The Morgan fingerprint density at radius 2 is 1.90 bits per heavy atom. The number of alkyl halides is 3. The van der Waals surface area contributed by atoms with Crippen LogP contribution < -0.4 is 10.2 Å². The number of hydrogen-bond acceptors (Lipinski definition) is 3. The fraction of sp³-hybridized carbons (Fsp3) is 0.667. The molecular formula is C15H20F3N3. The molecule has 2 heterocycles. The topological polar surface area (TPSA) is 28.2 Å². The van der Waals surface area contributed by atoms with Crippen molar-refractivity contribution < 1.29 is 13.2 Å². The van der Waals surface area contributed by atoms with Crippen LogP contribution in [0, 0.1) is 11.8 Å². The Hall–Kier alpha value is -1.46. The van der Waals surface area contributed by atoms with Crippen LogP contribution >= 0.6 is 0 Å². The van der Waals surface area contributed by atoms with E-state index in [0.717, 1.165) is 19.2 Å². The Morgan fingerprint density at radius 1 is 1.24 bits per heavy atom. The lowest BCUT2D eigenvalue weighted by atomic mass is 10.0. The van der Waals surface area contributed by atoms with Crippen molar-refractivity contribution >= 4 is 11.6 Å². The van der Waals surface area contributed by atoms with Gasteiger partial charge in [0, 0.05) is 19.6 Å². The fourth-order valence-corrected chi connectivity index (χ4v) is 3.54. The number of halogens is 3. The average Bonchev–Trinajstić information content (AvgIpc) is 2.98. The highest BCUT2D eigenvalue weighted by Crippen LogP contribution is 2.40. The second-order valence-electron chi connectivity index (χ2n) is 5.98.